The van der Waals surface area contributed by atoms with Gasteiger partial charge in [0, 0.05) is 0 Å². The van der Waals surface area contributed by atoms with E-state index in [-0.39, 0.29) is 5.54 Å². The van der Waals surface area contributed by atoms with Crippen molar-refractivity contribution in [2.75, 3.05) is 7.11 Å². The van der Waals surface area contributed by atoms with Crippen LogP contribution < -0.4 is 4.74 Å². The van der Waals surface area contributed by atoms with Gasteiger partial charge in [-0.2, -0.15) is 0 Å². The van der Waals surface area contributed by atoms with E-state index in [0.717, 1.165) is 16.9 Å². The van der Waals surface area contributed by atoms with E-state index in [4.69, 9.17) is 4.74 Å². The lowest BCUT2D eigenvalue weighted by molar-refractivity contribution is 0.382. The van der Waals surface area contributed by atoms with Crippen LogP contribution in [0.25, 0.3) is 11.4 Å². The fraction of sp³-hybridized carbons (Fsp3) is 0.235. The van der Waals surface area contributed by atoms with E-state index in [1.165, 1.54) is 0 Å². The predicted molar refractivity (Wildman–Crippen MR) is 84.7 cm³/mol. The monoisotopic (exact) mass is 294 g/mol. The summed E-state index contributed by atoms with van der Waals surface area (Å²) in [5.41, 5.74) is 1.64. The largest absolute Gasteiger partial charge is 0.496 e. The number of nitrogens with zero attached hydrogens (tertiary/aromatic N) is 4. The summed E-state index contributed by atoms with van der Waals surface area (Å²) in [5.74, 6) is 1.44. The minimum Gasteiger partial charge on any atom is -0.496 e. The highest BCUT2D eigenvalue weighted by atomic mass is 16.5. The van der Waals surface area contributed by atoms with Gasteiger partial charge in [0.25, 0.3) is 0 Å². The Morgan fingerprint density at radius 3 is 2.36 bits per heavy atom. The van der Waals surface area contributed by atoms with Crippen molar-refractivity contribution < 1.29 is 4.74 Å². The second kappa shape index (κ2) is 5.60. The molecule has 0 aliphatic carbocycles. The summed E-state index contributed by atoms with van der Waals surface area (Å²) in [6, 6.07) is 17.9. The van der Waals surface area contributed by atoms with Gasteiger partial charge in [-0.3, -0.25) is 0 Å². The predicted octanol–water partition coefficient (Wildman–Crippen LogP) is 3.13. The van der Waals surface area contributed by atoms with Crippen molar-refractivity contribution in [3.8, 4) is 17.1 Å². The van der Waals surface area contributed by atoms with Gasteiger partial charge in [0.05, 0.1) is 18.2 Å². The fourth-order valence-corrected chi connectivity index (χ4v) is 2.53. The van der Waals surface area contributed by atoms with Gasteiger partial charge in [0.2, 0.25) is 0 Å². The molecule has 0 bridgehead atoms. The normalized spacial score (nSPS) is 11.4. The van der Waals surface area contributed by atoms with Crippen molar-refractivity contribution in [2.45, 2.75) is 19.4 Å². The van der Waals surface area contributed by atoms with Crippen molar-refractivity contribution in [3.05, 3.63) is 60.2 Å². The van der Waals surface area contributed by atoms with Crippen LogP contribution in [0.1, 0.15) is 19.4 Å². The number of hydrogen-bond acceptors (Lipinski definition) is 4. The van der Waals surface area contributed by atoms with Crippen LogP contribution in [0.4, 0.5) is 0 Å². The number of aromatic nitrogens is 4. The SMILES string of the molecule is COc1ccccc1-c1nnnn1C(C)(C)c1ccccc1. The molecular formula is C17H18N4O. The van der Waals surface area contributed by atoms with Gasteiger partial charge in [-0.1, -0.05) is 42.5 Å². The summed E-state index contributed by atoms with van der Waals surface area (Å²) >= 11 is 0. The third kappa shape index (κ3) is 2.35. The fourth-order valence-electron chi connectivity index (χ4n) is 2.53. The minimum atomic E-state index is -0.374. The molecule has 0 saturated carbocycles. The lowest BCUT2D eigenvalue weighted by Crippen LogP contribution is -2.29. The maximum atomic E-state index is 5.43. The van der Waals surface area contributed by atoms with E-state index in [2.05, 4.69) is 41.5 Å². The molecule has 3 aromatic rings. The maximum absolute atomic E-state index is 5.43. The highest BCUT2D eigenvalue weighted by molar-refractivity contribution is 5.64. The average Bonchev–Trinajstić information content (AvgIpc) is 3.06. The zero-order chi connectivity index (χ0) is 15.6. The summed E-state index contributed by atoms with van der Waals surface area (Å²) in [6.45, 7) is 4.19. The Balaban J connectivity index is 2.13. The molecule has 0 N–H and O–H groups in total. The van der Waals surface area contributed by atoms with E-state index < -0.39 is 0 Å². The summed E-state index contributed by atoms with van der Waals surface area (Å²) in [4.78, 5) is 0. The molecule has 5 heteroatoms. The van der Waals surface area contributed by atoms with Gasteiger partial charge < -0.3 is 4.74 Å². The van der Waals surface area contributed by atoms with Crippen LogP contribution in [0, 0.1) is 0 Å². The molecule has 0 aliphatic heterocycles. The average molecular weight is 294 g/mol. The molecule has 0 atom stereocenters. The summed E-state index contributed by atoms with van der Waals surface area (Å²) in [6.07, 6.45) is 0. The quantitative estimate of drug-likeness (QED) is 0.742. The molecule has 1 heterocycles. The van der Waals surface area contributed by atoms with Gasteiger partial charge in [-0.05, 0) is 42.0 Å². The van der Waals surface area contributed by atoms with Crippen LogP contribution >= 0.6 is 0 Å². The van der Waals surface area contributed by atoms with Crippen molar-refractivity contribution in [1.29, 1.82) is 0 Å². The lowest BCUT2D eigenvalue weighted by Gasteiger charge is -2.26. The molecule has 5 nitrogen and oxygen atoms in total. The molecule has 0 spiro atoms. The number of rotatable bonds is 4. The van der Waals surface area contributed by atoms with Crippen LogP contribution in [0.2, 0.25) is 0 Å². The lowest BCUT2D eigenvalue weighted by atomic mass is 9.94. The molecule has 0 fully saturated rings. The number of benzene rings is 2. The topological polar surface area (TPSA) is 52.8 Å². The number of ether oxygens (including phenoxy) is 1. The van der Waals surface area contributed by atoms with E-state index in [0.29, 0.717) is 5.82 Å². The molecule has 0 saturated heterocycles. The highest BCUT2D eigenvalue weighted by Crippen LogP contribution is 2.32. The maximum Gasteiger partial charge on any atom is 0.186 e. The zero-order valence-electron chi connectivity index (χ0n) is 12.9. The number of methoxy groups -OCH3 is 1. The number of tetrazole rings is 1. The third-order valence-electron chi connectivity index (χ3n) is 3.83. The molecule has 2 aromatic carbocycles. The van der Waals surface area contributed by atoms with Crippen LogP contribution in [0.15, 0.2) is 54.6 Å². The van der Waals surface area contributed by atoms with Gasteiger partial charge in [0.1, 0.15) is 5.75 Å². The second-order valence-corrected chi connectivity index (χ2v) is 5.54. The third-order valence-corrected chi connectivity index (χ3v) is 3.83. The Hall–Kier alpha value is -2.69. The Morgan fingerprint density at radius 1 is 0.955 bits per heavy atom. The van der Waals surface area contributed by atoms with Crippen molar-refractivity contribution >= 4 is 0 Å². The van der Waals surface area contributed by atoms with Crippen LogP contribution in [-0.4, -0.2) is 27.3 Å². The highest BCUT2D eigenvalue weighted by Gasteiger charge is 2.28. The van der Waals surface area contributed by atoms with Crippen LogP contribution in [0.3, 0.4) is 0 Å². The van der Waals surface area contributed by atoms with Gasteiger partial charge >= 0.3 is 0 Å². The first-order chi connectivity index (χ1) is 10.6. The second-order valence-electron chi connectivity index (χ2n) is 5.54. The molecule has 1 aromatic heterocycles. The molecule has 0 unspecified atom stereocenters. The first kappa shape index (κ1) is 14.3. The van der Waals surface area contributed by atoms with E-state index >= 15 is 0 Å². The molecule has 112 valence electrons. The first-order valence-electron chi connectivity index (χ1n) is 7.12. The zero-order valence-corrected chi connectivity index (χ0v) is 12.9. The molecule has 0 radical (unpaired) electrons. The first-order valence-corrected chi connectivity index (χ1v) is 7.12. The van der Waals surface area contributed by atoms with Gasteiger partial charge in [-0.15, -0.1) is 5.10 Å². The van der Waals surface area contributed by atoms with E-state index in [1.807, 2.05) is 47.1 Å². The molecule has 3 rings (SSSR count). The smallest absolute Gasteiger partial charge is 0.186 e. The Kier molecular flexibility index (Phi) is 3.63. The summed E-state index contributed by atoms with van der Waals surface area (Å²) in [7, 11) is 1.65. The Morgan fingerprint density at radius 2 is 1.64 bits per heavy atom. The minimum absolute atomic E-state index is 0.374. The number of para-hydroxylation sites is 1. The number of hydrogen-bond donors (Lipinski definition) is 0. The molecule has 22 heavy (non-hydrogen) atoms. The standard InChI is InChI=1S/C17H18N4O/c1-17(2,13-9-5-4-6-10-13)21-16(18-19-20-21)14-11-7-8-12-15(14)22-3/h4-12H,1-3H3. The van der Waals surface area contributed by atoms with Crippen molar-refractivity contribution in [3.63, 3.8) is 0 Å². The molecular weight excluding hydrogens is 276 g/mol. The van der Waals surface area contributed by atoms with Crippen LogP contribution in [-0.2, 0) is 5.54 Å². The summed E-state index contributed by atoms with van der Waals surface area (Å²) < 4.78 is 7.27. The van der Waals surface area contributed by atoms with Crippen LogP contribution in [0.5, 0.6) is 5.75 Å². The van der Waals surface area contributed by atoms with E-state index in [1.54, 1.807) is 7.11 Å². The molecule has 0 aliphatic rings. The van der Waals surface area contributed by atoms with Crippen molar-refractivity contribution in [1.82, 2.24) is 20.2 Å². The Bertz CT molecular complexity index is 765. The van der Waals surface area contributed by atoms with E-state index in [9.17, 15) is 0 Å². The van der Waals surface area contributed by atoms with Crippen molar-refractivity contribution in [2.24, 2.45) is 0 Å². The Labute approximate surface area is 129 Å². The summed E-state index contributed by atoms with van der Waals surface area (Å²) in [5, 5.41) is 12.3. The van der Waals surface area contributed by atoms with Gasteiger partial charge in [0.15, 0.2) is 5.82 Å². The van der Waals surface area contributed by atoms with Gasteiger partial charge in [-0.25, -0.2) is 4.68 Å². The molecule has 0 amide bonds.